The number of benzene rings is 1. The number of carbonyl (C=O) groups excluding carboxylic acids is 1. The molecule has 2 aromatic rings. The van der Waals surface area contributed by atoms with Crippen LogP contribution in [-0.2, 0) is 11.4 Å². The normalized spacial score (nSPS) is 15.3. The van der Waals surface area contributed by atoms with Crippen LogP contribution in [0.25, 0.3) is 0 Å². The van der Waals surface area contributed by atoms with E-state index in [0.717, 1.165) is 21.2 Å². The molecule has 0 radical (unpaired) electrons. The lowest BCUT2D eigenvalue weighted by Crippen LogP contribution is -2.15. The van der Waals surface area contributed by atoms with Gasteiger partial charge in [0.2, 0.25) is 5.91 Å². The van der Waals surface area contributed by atoms with Crippen LogP contribution in [-0.4, -0.2) is 27.2 Å². The van der Waals surface area contributed by atoms with E-state index in [1.54, 1.807) is 12.3 Å². The molecule has 0 bridgehead atoms. The number of halogens is 2. The van der Waals surface area contributed by atoms with E-state index < -0.39 is 0 Å². The summed E-state index contributed by atoms with van der Waals surface area (Å²) in [5, 5.41) is 11.4. The van der Waals surface area contributed by atoms with E-state index in [0.29, 0.717) is 22.3 Å². The predicted molar refractivity (Wildman–Crippen MR) is 109 cm³/mol. The summed E-state index contributed by atoms with van der Waals surface area (Å²) >= 11 is 13.7. The van der Waals surface area contributed by atoms with Gasteiger partial charge in [0.15, 0.2) is 0 Å². The van der Waals surface area contributed by atoms with Crippen LogP contribution in [0.1, 0.15) is 37.7 Å². The standard InChI is InChI=1S/C19H19Cl2N3O2S/c1-10(2)17(11-3-4-16(26)22-8-11)18-19(24-15(9-25)23-18)27-14-6-12(20)5-13(21)7-14/h3,5-8,10,17,25H,4,9H2,1-2H3,(H,23,24). The first-order valence-corrected chi connectivity index (χ1v) is 10.0. The molecule has 2 N–H and O–H groups in total. The summed E-state index contributed by atoms with van der Waals surface area (Å²) in [6.45, 7) is 4.00. The minimum absolute atomic E-state index is 0.0354. The number of nitrogens with one attached hydrogen (secondary N) is 1. The van der Waals surface area contributed by atoms with Gasteiger partial charge in [-0.1, -0.05) is 54.9 Å². The third-order valence-corrected chi connectivity index (χ3v) is 5.57. The van der Waals surface area contributed by atoms with E-state index in [4.69, 9.17) is 23.2 Å². The molecule has 0 fully saturated rings. The Balaban J connectivity index is 2.01. The maximum absolute atomic E-state index is 11.4. The van der Waals surface area contributed by atoms with Crippen LogP contribution < -0.4 is 0 Å². The van der Waals surface area contributed by atoms with Crippen molar-refractivity contribution in [2.45, 2.75) is 42.7 Å². The van der Waals surface area contributed by atoms with E-state index >= 15 is 0 Å². The molecule has 0 saturated carbocycles. The van der Waals surface area contributed by atoms with Crippen LogP contribution in [0.15, 0.2) is 44.8 Å². The van der Waals surface area contributed by atoms with Crippen molar-refractivity contribution in [3.63, 3.8) is 0 Å². The van der Waals surface area contributed by atoms with Crippen LogP contribution in [0, 0.1) is 5.92 Å². The zero-order valence-corrected chi connectivity index (χ0v) is 17.2. The zero-order chi connectivity index (χ0) is 19.6. The number of allylic oxidation sites excluding steroid dienone is 1. The summed E-state index contributed by atoms with van der Waals surface area (Å²) in [5.74, 6) is 0.526. The van der Waals surface area contributed by atoms with Gasteiger partial charge in [-0.2, -0.15) is 0 Å². The smallest absolute Gasteiger partial charge is 0.249 e. The molecule has 8 heteroatoms. The van der Waals surface area contributed by atoms with Crippen molar-refractivity contribution in [2.75, 3.05) is 0 Å². The van der Waals surface area contributed by atoms with Crippen molar-refractivity contribution in [1.82, 2.24) is 9.97 Å². The molecule has 27 heavy (non-hydrogen) atoms. The highest BCUT2D eigenvalue weighted by molar-refractivity contribution is 7.99. The monoisotopic (exact) mass is 423 g/mol. The first kappa shape index (κ1) is 20.1. The second kappa shape index (κ2) is 8.61. The van der Waals surface area contributed by atoms with E-state index in [1.165, 1.54) is 11.8 Å². The van der Waals surface area contributed by atoms with E-state index in [1.807, 2.05) is 18.2 Å². The van der Waals surface area contributed by atoms with Gasteiger partial charge in [-0.25, -0.2) is 9.98 Å². The number of rotatable bonds is 6. The molecule has 1 aromatic heterocycles. The van der Waals surface area contributed by atoms with Gasteiger partial charge < -0.3 is 10.1 Å². The molecule has 0 aliphatic carbocycles. The maximum Gasteiger partial charge on any atom is 0.249 e. The molecule has 5 nitrogen and oxygen atoms in total. The number of hydrogen-bond donors (Lipinski definition) is 2. The summed E-state index contributed by atoms with van der Waals surface area (Å²) < 4.78 is 0. The summed E-state index contributed by atoms with van der Waals surface area (Å²) in [6.07, 6.45) is 3.83. The van der Waals surface area contributed by atoms with Crippen molar-refractivity contribution >= 4 is 47.1 Å². The molecular formula is C19H19Cl2N3O2S. The lowest BCUT2D eigenvalue weighted by atomic mass is 9.85. The fourth-order valence-corrected chi connectivity index (χ4v) is 4.73. The Morgan fingerprint density at radius 1 is 1.26 bits per heavy atom. The second-order valence-corrected chi connectivity index (χ2v) is 8.48. The largest absolute Gasteiger partial charge is 0.388 e. The Kier molecular flexibility index (Phi) is 6.42. The molecule has 142 valence electrons. The maximum atomic E-state index is 11.4. The van der Waals surface area contributed by atoms with Crippen molar-refractivity contribution in [2.24, 2.45) is 10.9 Å². The zero-order valence-electron chi connectivity index (χ0n) is 14.9. The fourth-order valence-electron chi connectivity index (χ4n) is 3.03. The minimum atomic E-state index is -0.194. The third kappa shape index (κ3) is 4.82. The molecule has 3 rings (SSSR count). The quantitative estimate of drug-likeness (QED) is 0.682. The van der Waals surface area contributed by atoms with Crippen molar-refractivity contribution in [1.29, 1.82) is 0 Å². The summed E-state index contributed by atoms with van der Waals surface area (Å²) in [6, 6.07) is 5.31. The Bertz CT molecular complexity index is 901. The molecule has 1 aliphatic heterocycles. The lowest BCUT2D eigenvalue weighted by molar-refractivity contribution is -0.117. The first-order chi connectivity index (χ1) is 12.9. The second-order valence-electron chi connectivity index (χ2n) is 6.55. The summed E-state index contributed by atoms with van der Waals surface area (Å²) in [5.41, 5.74) is 1.84. The van der Waals surface area contributed by atoms with Gasteiger partial charge in [0.1, 0.15) is 17.5 Å². The molecule has 1 unspecified atom stereocenters. The van der Waals surface area contributed by atoms with Gasteiger partial charge in [0.05, 0.1) is 5.69 Å². The highest BCUT2D eigenvalue weighted by atomic mass is 35.5. The Hall–Kier alpha value is -1.60. The van der Waals surface area contributed by atoms with Gasteiger partial charge in [-0.15, -0.1) is 0 Å². The molecule has 2 heterocycles. The molecule has 1 aliphatic rings. The topological polar surface area (TPSA) is 78.3 Å². The molecule has 1 atom stereocenters. The highest BCUT2D eigenvalue weighted by Crippen LogP contribution is 2.40. The number of imidazole rings is 1. The number of H-pyrrole nitrogens is 1. The van der Waals surface area contributed by atoms with Gasteiger partial charge >= 0.3 is 0 Å². The fraction of sp³-hybridized carbons (Fsp3) is 0.316. The average molecular weight is 424 g/mol. The number of amides is 1. The minimum Gasteiger partial charge on any atom is -0.388 e. The molecule has 0 spiro atoms. The molecule has 1 amide bonds. The summed E-state index contributed by atoms with van der Waals surface area (Å²) in [7, 11) is 0. The van der Waals surface area contributed by atoms with E-state index in [2.05, 4.69) is 28.8 Å². The average Bonchev–Trinajstić information content (AvgIpc) is 2.98. The highest BCUT2D eigenvalue weighted by Gasteiger charge is 2.27. The van der Waals surface area contributed by atoms with E-state index in [-0.39, 0.29) is 24.3 Å². The number of hydrogen-bond acceptors (Lipinski definition) is 4. The third-order valence-electron chi connectivity index (χ3n) is 4.15. The van der Waals surface area contributed by atoms with Crippen molar-refractivity contribution in [3.05, 3.63) is 51.4 Å². The van der Waals surface area contributed by atoms with Crippen LogP contribution in [0.2, 0.25) is 10.0 Å². The lowest BCUT2D eigenvalue weighted by Gasteiger charge is -2.23. The molecule has 1 aromatic carbocycles. The van der Waals surface area contributed by atoms with Gasteiger partial charge in [-0.05, 0) is 29.7 Å². The van der Waals surface area contributed by atoms with Crippen LogP contribution in [0.5, 0.6) is 0 Å². The van der Waals surface area contributed by atoms with Gasteiger partial charge in [-0.3, -0.25) is 4.79 Å². The predicted octanol–water partition coefficient (Wildman–Crippen LogP) is 5.03. The van der Waals surface area contributed by atoms with Crippen LogP contribution >= 0.6 is 35.0 Å². The molecule has 0 saturated heterocycles. The summed E-state index contributed by atoms with van der Waals surface area (Å²) in [4.78, 5) is 24.0. The number of aliphatic imine (C=N–C) groups is 1. The number of aliphatic hydroxyl groups is 1. The Morgan fingerprint density at radius 2 is 1.96 bits per heavy atom. The van der Waals surface area contributed by atoms with Crippen molar-refractivity contribution in [3.8, 4) is 0 Å². The van der Waals surface area contributed by atoms with Crippen LogP contribution in [0.3, 0.4) is 0 Å². The van der Waals surface area contributed by atoms with Gasteiger partial charge in [0.25, 0.3) is 0 Å². The number of aliphatic hydroxyl groups excluding tert-OH is 1. The first-order valence-electron chi connectivity index (χ1n) is 8.48. The van der Waals surface area contributed by atoms with E-state index in [9.17, 15) is 9.90 Å². The number of aromatic amines is 1. The van der Waals surface area contributed by atoms with Gasteiger partial charge in [0, 0.05) is 33.5 Å². The Morgan fingerprint density at radius 3 is 2.52 bits per heavy atom. The number of nitrogens with zero attached hydrogens (tertiary/aromatic N) is 2. The number of aromatic nitrogens is 2. The van der Waals surface area contributed by atoms with Crippen LogP contribution in [0.4, 0.5) is 0 Å². The number of dihydropyridines is 1. The SMILES string of the molecule is CC(C)C(C1=CCC(=O)N=C1)c1[nH]c(CO)nc1Sc1cc(Cl)cc(Cl)c1. The molecular weight excluding hydrogens is 405 g/mol. The Labute approximate surface area is 171 Å². The van der Waals surface area contributed by atoms with Crippen molar-refractivity contribution < 1.29 is 9.90 Å². The number of carbonyl (C=O) groups is 1.